The van der Waals surface area contributed by atoms with Gasteiger partial charge in [0.05, 0.1) is 5.69 Å². The third-order valence-corrected chi connectivity index (χ3v) is 4.84. The van der Waals surface area contributed by atoms with Crippen LogP contribution in [0.4, 0.5) is 21.5 Å². The Kier molecular flexibility index (Phi) is 4.35. The molecule has 4 rings (SSSR count). The van der Waals surface area contributed by atoms with Crippen molar-refractivity contribution < 1.29 is 18.8 Å². The van der Waals surface area contributed by atoms with Gasteiger partial charge >= 0.3 is 11.8 Å². The molecule has 0 fully saturated rings. The smallest absolute Gasteiger partial charge is 0.314 e. The first-order valence-electron chi connectivity index (χ1n) is 8.85. The van der Waals surface area contributed by atoms with E-state index in [4.69, 9.17) is 0 Å². The maximum Gasteiger partial charge on any atom is 0.314 e. The maximum atomic E-state index is 12.9. The maximum absolute atomic E-state index is 12.9. The Morgan fingerprint density at radius 1 is 0.889 bits per heavy atom. The molecule has 3 amide bonds. The minimum absolute atomic E-state index is 0.138. The van der Waals surface area contributed by atoms with Crippen LogP contribution in [0.15, 0.2) is 36.4 Å². The summed E-state index contributed by atoms with van der Waals surface area (Å²) in [5, 5.41) is 5.05. The summed E-state index contributed by atoms with van der Waals surface area (Å²) in [7, 11) is 0. The van der Waals surface area contributed by atoms with Crippen molar-refractivity contribution >= 4 is 34.8 Å². The number of rotatable bonds is 2. The highest BCUT2D eigenvalue weighted by molar-refractivity contribution is 6.43. The fourth-order valence-electron chi connectivity index (χ4n) is 3.63. The summed E-state index contributed by atoms with van der Waals surface area (Å²) < 4.78 is 12.9. The number of halogens is 1. The second-order valence-corrected chi connectivity index (χ2v) is 6.71. The third kappa shape index (κ3) is 3.40. The van der Waals surface area contributed by atoms with Crippen LogP contribution < -0.4 is 15.5 Å². The highest BCUT2D eigenvalue weighted by atomic mass is 19.1. The summed E-state index contributed by atoms with van der Waals surface area (Å²) in [5.41, 5.74) is 3.87. The molecule has 6 nitrogen and oxygen atoms in total. The molecule has 7 heteroatoms. The molecule has 0 saturated carbocycles. The lowest BCUT2D eigenvalue weighted by molar-refractivity contribution is -0.133. The molecule has 2 aromatic rings. The zero-order valence-corrected chi connectivity index (χ0v) is 14.5. The molecule has 2 heterocycles. The van der Waals surface area contributed by atoms with Crippen molar-refractivity contribution in [2.75, 3.05) is 22.1 Å². The molecule has 0 atom stereocenters. The van der Waals surface area contributed by atoms with Crippen LogP contribution in [0.1, 0.15) is 24.0 Å². The molecule has 0 aromatic heterocycles. The first kappa shape index (κ1) is 17.2. The average Bonchev–Trinajstić information content (AvgIpc) is 2.66. The molecule has 0 aliphatic carbocycles. The van der Waals surface area contributed by atoms with Crippen molar-refractivity contribution in [3.63, 3.8) is 0 Å². The second kappa shape index (κ2) is 6.83. The average molecular weight is 367 g/mol. The van der Waals surface area contributed by atoms with E-state index in [1.165, 1.54) is 24.3 Å². The standard InChI is InChI=1S/C20H18FN3O3/c21-14-4-6-15(7-5-14)22-19(26)20(27)23-16-10-12-2-1-9-24-17(25)8-3-13(11-16)18(12)24/h4-7,10-11H,1-3,8-9H2,(H,22,26)(H,23,27). The Balaban J connectivity index is 1.51. The Bertz CT molecular complexity index is 923. The molecule has 0 bridgehead atoms. The topological polar surface area (TPSA) is 78.5 Å². The molecule has 2 aromatic carbocycles. The van der Waals surface area contributed by atoms with Crippen molar-refractivity contribution in [2.24, 2.45) is 0 Å². The van der Waals surface area contributed by atoms with Gasteiger partial charge in [-0.2, -0.15) is 0 Å². The van der Waals surface area contributed by atoms with E-state index in [1.807, 2.05) is 17.0 Å². The van der Waals surface area contributed by atoms with E-state index in [1.54, 1.807) is 0 Å². The number of benzene rings is 2. The number of aryl methyl sites for hydroxylation is 2. The Labute approximate surface area is 155 Å². The van der Waals surface area contributed by atoms with Gasteiger partial charge in [-0.05, 0) is 66.8 Å². The van der Waals surface area contributed by atoms with Crippen LogP contribution in [-0.2, 0) is 27.2 Å². The zero-order valence-electron chi connectivity index (χ0n) is 14.5. The van der Waals surface area contributed by atoms with Crippen molar-refractivity contribution in [3.8, 4) is 0 Å². The highest BCUT2D eigenvalue weighted by Gasteiger charge is 2.30. The molecule has 2 N–H and O–H groups in total. The predicted molar refractivity (Wildman–Crippen MR) is 99.1 cm³/mol. The van der Waals surface area contributed by atoms with Gasteiger partial charge in [0.25, 0.3) is 0 Å². The summed E-state index contributed by atoms with van der Waals surface area (Å²) in [5.74, 6) is -1.91. The molecule has 138 valence electrons. The van der Waals surface area contributed by atoms with E-state index in [0.717, 1.165) is 36.2 Å². The molecule has 0 radical (unpaired) electrons. The van der Waals surface area contributed by atoms with Crippen molar-refractivity contribution in [1.29, 1.82) is 0 Å². The van der Waals surface area contributed by atoms with Crippen LogP contribution in [0.2, 0.25) is 0 Å². The lowest BCUT2D eigenvalue weighted by atomic mass is 9.91. The molecule has 27 heavy (non-hydrogen) atoms. The van der Waals surface area contributed by atoms with E-state index in [9.17, 15) is 18.8 Å². The fourth-order valence-corrected chi connectivity index (χ4v) is 3.63. The Morgan fingerprint density at radius 2 is 1.52 bits per heavy atom. The summed E-state index contributed by atoms with van der Waals surface area (Å²) in [6, 6.07) is 8.83. The van der Waals surface area contributed by atoms with Crippen LogP contribution in [0.3, 0.4) is 0 Å². The molecule has 2 aliphatic rings. The number of carbonyl (C=O) groups is 3. The molecular formula is C20H18FN3O3. The molecular weight excluding hydrogens is 349 g/mol. The first-order valence-corrected chi connectivity index (χ1v) is 8.85. The number of hydrogen-bond acceptors (Lipinski definition) is 3. The van der Waals surface area contributed by atoms with E-state index in [-0.39, 0.29) is 5.91 Å². The van der Waals surface area contributed by atoms with Gasteiger partial charge in [-0.1, -0.05) is 0 Å². The van der Waals surface area contributed by atoms with Gasteiger partial charge < -0.3 is 15.5 Å². The molecule has 0 unspecified atom stereocenters. The van der Waals surface area contributed by atoms with Crippen molar-refractivity contribution in [2.45, 2.75) is 25.7 Å². The van der Waals surface area contributed by atoms with E-state index in [0.29, 0.717) is 24.2 Å². The van der Waals surface area contributed by atoms with Gasteiger partial charge in [0.15, 0.2) is 0 Å². The molecule has 0 saturated heterocycles. The summed E-state index contributed by atoms with van der Waals surface area (Å²) in [6.07, 6.45) is 2.79. The fraction of sp³-hybridized carbons (Fsp3) is 0.250. The SMILES string of the molecule is O=C(Nc1ccc(F)cc1)C(=O)Nc1cc2c3c(c1)CCC(=O)N3CCC2. The quantitative estimate of drug-likeness (QED) is 0.801. The van der Waals surface area contributed by atoms with Gasteiger partial charge in [0.2, 0.25) is 5.91 Å². The predicted octanol–water partition coefficient (Wildman–Crippen LogP) is 2.63. The van der Waals surface area contributed by atoms with Crippen LogP contribution in [0, 0.1) is 5.82 Å². The van der Waals surface area contributed by atoms with Crippen molar-refractivity contribution in [3.05, 3.63) is 53.3 Å². The third-order valence-electron chi connectivity index (χ3n) is 4.84. The molecule has 2 aliphatic heterocycles. The summed E-state index contributed by atoms with van der Waals surface area (Å²) >= 11 is 0. The number of carbonyl (C=O) groups excluding carboxylic acids is 3. The Morgan fingerprint density at radius 3 is 2.22 bits per heavy atom. The van der Waals surface area contributed by atoms with Gasteiger partial charge in [-0.25, -0.2) is 4.39 Å². The lowest BCUT2D eigenvalue weighted by Crippen LogP contribution is -2.39. The van der Waals surface area contributed by atoms with Gasteiger partial charge in [-0.15, -0.1) is 0 Å². The minimum Gasteiger partial charge on any atom is -0.318 e. The highest BCUT2D eigenvalue weighted by Crippen LogP contribution is 2.37. The number of hydrogen-bond donors (Lipinski definition) is 2. The summed E-state index contributed by atoms with van der Waals surface area (Å²) in [6.45, 7) is 0.727. The van der Waals surface area contributed by atoms with Crippen LogP contribution in [-0.4, -0.2) is 24.3 Å². The molecule has 0 spiro atoms. The van der Waals surface area contributed by atoms with Crippen molar-refractivity contribution in [1.82, 2.24) is 0 Å². The van der Waals surface area contributed by atoms with E-state index >= 15 is 0 Å². The van der Waals surface area contributed by atoms with Crippen LogP contribution in [0.5, 0.6) is 0 Å². The number of nitrogens with zero attached hydrogens (tertiary/aromatic N) is 1. The first-order chi connectivity index (χ1) is 13.0. The van der Waals surface area contributed by atoms with Crippen LogP contribution >= 0.6 is 0 Å². The van der Waals surface area contributed by atoms with Gasteiger partial charge in [0.1, 0.15) is 5.82 Å². The Hall–Kier alpha value is -3.22. The normalized spacial score (nSPS) is 15.1. The number of nitrogens with one attached hydrogen (secondary N) is 2. The van der Waals surface area contributed by atoms with E-state index < -0.39 is 17.6 Å². The number of anilines is 3. The van der Waals surface area contributed by atoms with Crippen LogP contribution in [0.25, 0.3) is 0 Å². The lowest BCUT2D eigenvalue weighted by Gasteiger charge is -2.35. The van der Waals surface area contributed by atoms with E-state index in [2.05, 4.69) is 10.6 Å². The number of amides is 3. The second-order valence-electron chi connectivity index (χ2n) is 6.71. The monoisotopic (exact) mass is 367 g/mol. The summed E-state index contributed by atoms with van der Waals surface area (Å²) in [4.78, 5) is 38.2. The largest absolute Gasteiger partial charge is 0.318 e. The zero-order chi connectivity index (χ0) is 19.0. The minimum atomic E-state index is -0.829. The van der Waals surface area contributed by atoms with Gasteiger partial charge in [0, 0.05) is 24.3 Å². The van der Waals surface area contributed by atoms with Gasteiger partial charge in [-0.3, -0.25) is 14.4 Å².